The fourth-order valence-electron chi connectivity index (χ4n) is 1.14. The van der Waals surface area contributed by atoms with Crippen LogP contribution in [0.3, 0.4) is 0 Å². The molecule has 1 heterocycles. The van der Waals surface area contributed by atoms with E-state index in [0.29, 0.717) is 5.56 Å². The Morgan fingerprint density at radius 2 is 2.25 bits per heavy atom. The molecule has 0 aliphatic rings. The van der Waals surface area contributed by atoms with Crippen molar-refractivity contribution in [1.29, 1.82) is 0 Å². The van der Waals surface area contributed by atoms with Gasteiger partial charge < -0.3 is 9.52 Å². The first-order chi connectivity index (χ1) is 7.58. The Morgan fingerprint density at radius 3 is 2.81 bits per heavy atom. The molecule has 0 radical (unpaired) electrons. The molecule has 0 saturated heterocycles. The molecule has 2 aromatic rings. The Balaban J connectivity index is 2.42. The van der Waals surface area contributed by atoms with E-state index in [-0.39, 0.29) is 16.7 Å². The number of hydrogen-bond acceptors (Lipinski definition) is 3. The van der Waals surface area contributed by atoms with Crippen molar-refractivity contribution in [3.05, 3.63) is 41.0 Å². The van der Waals surface area contributed by atoms with Gasteiger partial charge in [0.05, 0.1) is 11.2 Å². The van der Waals surface area contributed by atoms with E-state index in [0.717, 1.165) is 12.3 Å². The first-order valence-corrected chi connectivity index (χ1v) is 4.60. The topological polar surface area (TPSA) is 63.3 Å². The number of hydrogen-bond donors (Lipinski definition) is 1. The molecule has 0 aliphatic carbocycles. The molecule has 0 spiro atoms. The maximum Gasteiger partial charge on any atom is 0.373 e. The summed E-state index contributed by atoms with van der Waals surface area (Å²) in [6.07, 6.45) is 1.06. The molecule has 1 aromatic heterocycles. The van der Waals surface area contributed by atoms with Crippen LogP contribution in [0.15, 0.2) is 28.8 Å². The van der Waals surface area contributed by atoms with Gasteiger partial charge in [-0.2, -0.15) is 0 Å². The lowest BCUT2D eigenvalue weighted by Gasteiger charge is -1.97. The monoisotopic (exact) mass is 241 g/mol. The first kappa shape index (κ1) is 10.6. The molecule has 0 aliphatic heterocycles. The van der Waals surface area contributed by atoms with Crippen molar-refractivity contribution in [2.24, 2.45) is 0 Å². The van der Waals surface area contributed by atoms with Gasteiger partial charge in [0.25, 0.3) is 0 Å². The maximum absolute atomic E-state index is 13.1. The zero-order valence-electron chi connectivity index (χ0n) is 7.78. The van der Waals surface area contributed by atoms with E-state index < -0.39 is 11.8 Å². The number of carbonyl (C=O) groups is 1. The second kappa shape index (κ2) is 3.94. The largest absolute Gasteiger partial charge is 0.475 e. The fourth-order valence-corrected chi connectivity index (χ4v) is 1.25. The van der Waals surface area contributed by atoms with Crippen LogP contribution in [-0.4, -0.2) is 16.1 Å². The van der Waals surface area contributed by atoms with Gasteiger partial charge >= 0.3 is 5.97 Å². The molecule has 2 rings (SSSR count). The summed E-state index contributed by atoms with van der Waals surface area (Å²) in [5.74, 6) is -2.11. The number of rotatable bonds is 2. The van der Waals surface area contributed by atoms with Crippen LogP contribution >= 0.6 is 11.6 Å². The van der Waals surface area contributed by atoms with Gasteiger partial charge in [-0.3, -0.25) is 0 Å². The lowest BCUT2D eigenvalue weighted by atomic mass is 10.2. The Labute approximate surface area is 94.3 Å². The Kier molecular flexibility index (Phi) is 2.62. The van der Waals surface area contributed by atoms with Crippen LogP contribution < -0.4 is 0 Å². The smallest absolute Gasteiger partial charge is 0.373 e. The SMILES string of the molecule is O=C(O)c1cnc(-c2ccc(Cl)c(F)c2)o1. The van der Waals surface area contributed by atoms with Crippen molar-refractivity contribution >= 4 is 17.6 Å². The van der Waals surface area contributed by atoms with Gasteiger partial charge in [0.2, 0.25) is 11.7 Å². The van der Waals surface area contributed by atoms with Gasteiger partial charge in [0, 0.05) is 5.56 Å². The number of oxazole rings is 1. The minimum Gasteiger partial charge on any atom is -0.475 e. The molecule has 0 fully saturated rings. The lowest BCUT2D eigenvalue weighted by Crippen LogP contribution is -1.91. The predicted octanol–water partition coefficient (Wildman–Crippen LogP) is 2.83. The summed E-state index contributed by atoms with van der Waals surface area (Å²) in [6.45, 7) is 0. The van der Waals surface area contributed by atoms with E-state index in [1.807, 2.05) is 0 Å². The predicted molar refractivity (Wildman–Crippen MR) is 53.9 cm³/mol. The van der Waals surface area contributed by atoms with E-state index in [2.05, 4.69) is 4.98 Å². The van der Waals surface area contributed by atoms with Crippen LogP contribution in [-0.2, 0) is 0 Å². The number of aromatic nitrogens is 1. The summed E-state index contributed by atoms with van der Waals surface area (Å²) >= 11 is 5.50. The van der Waals surface area contributed by atoms with E-state index in [1.54, 1.807) is 0 Å². The first-order valence-electron chi connectivity index (χ1n) is 4.22. The van der Waals surface area contributed by atoms with Gasteiger partial charge in [-0.05, 0) is 18.2 Å². The van der Waals surface area contributed by atoms with E-state index in [4.69, 9.17) is 21.1 Å². The number of aromatic carboxylic acids is 1. The summed E-state index contributed by atoms with van der Waals surface area (Å²) in [6, 6.07) is 3.96. The summed E-state index contributed by atoms with van der Waals surface area (Å²) in [5.41, 5.74) is 0.328. The Bertz CT molecular complexity index is 553. The van der Waals surface area contributed by atoms with E-state index in [9.17, 15) is 9.18 Å². The standard InChI is InChI=1S/C10H5ClFNO3/c11-6-2-1-5(3-7(6)12)9-13-4-8(16-9)10(14)15/h1-4H,(H,14,15). The number of nitrogens with zero attached hydrogens (tertiary/aromatic N) is 1. The molecule has 1 aromatic carbocycles. The number of carboxylic acids is 1. The van der Waals surface area contributed by atoms with Crippen LogP contribution in [0.5, 0.6) is 0 Å². The summed E-state index contributed by atoms with van der Waals surface area (Å²) < 4.78 is 18.0. The van der Waals surface area contributed by atoms with Crippen molar-refractivity contribution < 1.29 is 18.7 Å². The highest BCUT2D eigenvalue weighted by Gasteiger charge is 2.13. The average Bonchev–Trinajstić information content (AvgIpc) is 2.71. The van der Waals surface area contributed by atoms with Gasteiger partial charge in [-0.1, -0.05) is 11.6 Å². The molecule has 0 unspecified atom stereocenters. The van der Waals surface area contributed by atoms with Crippen molar-refractivity contribution in [2.75, 3.05) is 0 Å². The van der Waals surface area contributed by atoms with Gasteiger partial charge in [-0.15, -0.1) is 0 Å². The van der Waals surface area contributed by atoms with Gasteiger partial charge in [0.1, 0.15) is 5.82 Å². The van der Waals surface area contributed by atoms with Crippen molar-refractivity contribution in [1.82, 2.24) is 4.98 Å². The van der Waals surface area contributed by atoms with Crippen molar-refractivity contribution in [3.8, 4) is 11.5 Å². The molecule has 0 saturated carbocycles. The molecule has 6 heteroatoms. The maximum atomic E-state index is 13.1. The summed E-state index contributed by atoms with van der Waals surface area (Å²) in [4.78, 5) is 14.3. The average molecular weight is 242 g/mol. The third kappa shape index (κ3) is 1.90. The highest BCUT2D eigenvalue weighted by molar-refractivity contribution is 6.30. The number of benzene rings is 1. The third-order valence-electron chi connectivity index (χ3n) is 1.88. The zero-order chi connectivity index (χ0) is 11.7. The molecule has 0 bridgehead atoms. The molecule has 0 atom stereocenters. The number of carboxylic acid groups (broad SMARTS) is 1. The van der Waals surface area contributed by atoms with Crippen LogP contribution in [0, 0.1) is 5.82 Å². The van der Waals surface area contributed by atoms with Crippen LogP contribution in [0.25, 0.3) is 11.5 Å². The molecule has 4 nitrogen and oxygen atoms in total. The van der Waals surface area contributed by atoms with Gasteiger partial charge in [-0.25, -0.2) is 14.2 Å². The van der Waals surface area contributed by atoms with Crippen LogP contribution in [0.4, 0.5) is 4.39 Å². The molecular formula is C10H5ClFNO3. The second-order valence-corrected chi connectivity index (χ2v) is 3.37. The van der Waals surface area contributed by atoms with Crippen molar-refractivity contribution in [2.45, 2.75) is 0 Å². The van der Waals surface area contributed by atoms with E-state index >= 15 is 0 Å². The summed E-state index contributed by atoms with van der Waals surface area (Å²) in [7, 11) is 0. The normalized spacial score (nSPS) is 10.4. The highest BCUT2D eigenvalue weighted by Crippen LogP contribution is 2.23. The molecule has 16 heavy (non-hydrogen) atoms. The Morgan fingerprint density at radius 1 is 1.50 bits per heavy atom. The molecule has 1 N–H and O–H groups in total. The Hall–Kier alpha value is -1.88. The molecule has 0 amide bonds. The van der Waals surface area contributed by atoms with Crippen LogP contribution in [0.2, 0.25) is 5.02 Å². The minimum absolute atomic E-state index is 0.0197. The van der Waals surface area contributed by atoms with Crippen LogP contribution in [0.1, 0.15) is 10.6 Å². The molecule has 82 valence electrons. The van der Waals surface area contributed by atoms with E-state index in [1.165, 1.54) is 12.1 Å². The second-order valence-electron chi connectivity index (χ2n) is 2.96. The lowest BCUT2D eigenvalue weighted by molar-refractivity contribution is 0.0663. The molecular weight excluding hydrogens is 237 g/mol. The summed E-state index contributed by atoms with van der Waals surface area (Å²) in [5, 5.41) is 8.60. The fraction of sp³-hybridized carbons (Fsp3) is 0. The van der Waals surface area contributed by atoms with Crippen molar-refractivity contribution in [3.63, 3.8) is 0 Å². The minimum atomic E-state index is -1.23. The third-order valence-corrected chi connectivity index (χ3v) is 2.19. The van der Waals surface area contributed by atoms with Gasteiger partial charge in [0.15, 0.2) is 0 Å². The quantitative estimate of drug-likeness (QED) is 0.878. The highest BCUT2D eigenvalue weighted by atomic mass is 35.5. The number of halogens is 2. The zero-order valence-corrected chi connectivity index (χ0v) is 8.53.